The molecule has 0 aliphatic rings. The SMILES string of the molecule is COC(=O)C(N)(CCSc1cnn(C)c1)c1ccccc1. The summed E-state index contributed by atoms with van der Waals surface area (Å²) in [5, 5.41) is 4.11. The maximum Gasteiger partial charge on any atom is 0.330 e. The molecule has 21 heavy (non-hydrogen) atoms. The van der Waals surface area contributed by atoms with Gasteiger partial charge in [0, 0.05) is 23.9 Å². The van der Waals surface area contributed by atoms with Gasteiger partial charge in [0.15, 0.2) is 0 Å². The van der Waals surface area contributed by atoms with Crippen molar-refractivity contribution in [1.29, 1.82) is 0 Å². The van der Waals surface area contributed by atoms with E-state index in [-0.39, 0.29) is 0 Å². The molecule has 0 amide bonds. The molecule has 0 radical (unpaired) electrons. The van der Waals surface area contributed by atoms with Gasteiger partial charge in [-0.3, -0.25) is 4.68 Å². The molecule has 1 unspecified atom stereocenters. The Bertz CT molecular complexity index is 600. The number of aryl methyl sites for hydroxylation is 1. The zero-order valence-electron chi connectivity index (χ0n) is 12.2. The van der Waals surface area contributed by atoms with E-state index in [0.717, 1.165) is 10.5 Å². The van der Waals surface area contributed by atoms with Crippen molar-refractivity contribution in [2.45, 2.75) is 16.9 Å². The van der Waals surface area contributed by atoms with Crippen LogP contribution in [0.1, 0.15) is 12.0 Å². The number of methoxy groups -OCH3 is 1. The van der Waals surface area contributed by atoms with Crippen molar-refractivity contribution >= 4 is 17.7 Å². The normalized spacial score (nSPS) is 13.7. The summed E-state index contributed by atoms with van der Waals surface area (Å²) in [5.41, 5.74) is 5.98. The van der Waals surface area contributed by atoms with Crippen LogP contribution in [0.3, 0.4) is 0 Å². The molecule has 112 valence electrons. The Labute approximate surface area is 128 Å². The van der Waals surface area contributed by atoms with Crippen LogP contribution in [-0.2, 0) is 22.1 Å². The number of ether oxygens (including phenoxy) is 1. The lowest BCUT2D eigenvalue weighted by atomic mass is 9.88. The van der Waals surface area contributed by atoms with Gasteiger partial charge in [0.05, 0.1) is 13.3 Å². The van der Waals surface area contributed by atoms with Crippen LogP contribution in [0.2, 0.25) is 0 Å². The number of hydrogen-bond acceptors (Lipinski definition) is 5. The van der Waals surface area contributed by atoms with Gasteiger partial charge in [-0.1, -0.05) is 30.3 Å². The predicted molar refractivity (Wildman–Crippen MR) is 82.9 cm³/mol. The van der Waals surface area contributed by atoms with Crippen molar-refractivity contribution in [1.82, 2.24) is 9.78 Å². The van der Waals surface area contributed by atoms with E-state index in [1.807, 2.05) is 43.6 Å². The number of rotatable bonds is 6. The van der Waals surface area contributed by atoms with Crippen molar-refractivity contribution in [3.8, 4) is 0 Å². The highest BCUT2D eigenvalue weighted by atomic mass is 32.2. The molecular formula is C15H19N3O2S. The van der Waals surface area contributed by atoms with Gasteiger partial charge in [-0.25, -0.2) is 4.79 Å². The zero-order valence-corrected chi connectivity index (χ0v) is 13.0. The molecule has 6 heteroatoms. The summed E-state index contributed by atoms with van der Waals surface area (Å²) in [7, 11) is 3.23. The van der Waals surface area contributed by atoms with E-state index in [4.69, 9.17) is 10.5 Å². The highest BCUT2D eigenvalue weighted by molar-refractivity contribution is 7.99. The number of aromatic nitrogens is 2. The summed E-state index contributed by atoms with van der Waals surface area (Å²) in [6, 6.07) is 9.34. The first kappa shape index (κ1) is 15.6. The van der Waals surface area contributed by atoms with E-state index in [1.54, 1.807) is 22.6 Å². The van der Waals surface area contributed by atoms with Crippen molar-refractivity contribution in [2.75, 3.05) is 12.9 Å². The van der Waals surface area contributed by atoms with Gasteiger partial charge in [-0.05, 0) is 12.0 Å². The minimum atomic E-state index is -1.12. The fraction of sp³-hybridized carbons (Fsp3) is 0.333. The van der Waals surface area contributed by atoms with Crippen LogP contribution in [0, 0.1) is 0 Å². The van der Waals surface area contributed by atoms with Crippen molar-refractivity contribution in [2.24, 2.45) is 12.8 Å². The third-order valence-corrected chi connectivity index (χ3v) is 4.24. The van der Waals surface area contributed by atoms with E-state index in [9.17, 15) is 4.79 Å². The molecule has 2 aromatic rings. The molecule has 0 fully saturated rings. The fourth-order valence-corrected chi connectivity index (χ4v) is 3.09. The largest absolute Gasteiger partial charge is 0.467 e. The summed E-state index contributed by atoms with van der Waals surface area (Å²) in [4.78, 5) is 13.2. The van der Waals surface area contributed by atoms with E-state index in [2.05, 4.69) is 5.10 Å². The number of benzene rings is 1. The first-order valence-corrected chi connectivity index (χ1v) is 7.59. The third kappa shape index (κ3) is 3.65. The maximum absolute atomic E-state index is 12.1. The molecule has 2 rings (SSSR count). The van der Waals surface area contributed by atoms with Gasteiger partial charge in [-0.2, -0.15) is 5.10 Å². The van der Waals surface area contributed by atoms with E-state index in [0.29, 0.717) is 12.2 Å². The van der Waals surface area contributed by atoms with Crippen molar-refractivity contribution in [3.63, 3.8) is 0 Å². The van der Waals surface area contributed by atoms with Crippen LogP contribution in [0.5, 0.6) is 0 Å². The predicted octanol–water partition coefficient (Wildman–Crippen LogP) is 1.93. The van der Waals surface area contributed by atoms with Gasteiger partial charge in [-0.15, -0.1) is 11.8 Å². The Morgan fingerprint density at radius 3 is 2.71 bits per heavy atom. The number of hydrogen-bond donors (Lipinski definition) is 1. The molecular weight excluding hydrogens is 286 g/mol. The smallest absolute Gasteiger partial charge is 0.330 e. The van der Waals surface area contributed by atoms with Crippen molar-refractivity contribution < 1.29 is 9.53 Å². The summed E-state index contributed by atoms with van der Waals surface area (Å²) in [5.74, 6) is 0.284. The van der Waals surface area contributed by atoms with Crippen LogP contribution < -0.4 is 5.73 Å². The quantitative estimate of drug-likeness (QED) is 0.652. The first-order chi connectivity index (χ1) is 10.1. The molecule has 0 aliphatic heterocycles. The van der Waals surface area contributed by atoms with Crippen LogP contribution in [0.4, 0.5) is 0 Å². The lowest BCUT2D eigenvalue weighted by Crippen LogP contribution is -2.46. The molecule has 1 atom stereocenters. The Kier molecular flexibility index (Phi) is 5.03. The molecule has 1 heterocycles. The summed E-state index contributed by atoms with van der Waals surface area (Å²) in [6.45, 7) is 0. The molecule has 2 N–H and O–H groups in total. The summed E-state index contributed by atoms with van der Waals surface area (Å²) < 4.78 is 6.63. The van der Waals surface area contributed by atoms with Crippen LogP contribution in [-0.4, -0.2) is 28.6 Å². The molecule has 0 aliphatic carbocycles. The monoisotopic (exact) mass is 305 g/mol. The van der Waals surface area contributed by atoms with E-state index >= 15 is 0 Å². The molecule has 1 aromatic carbocycles. The zero-order chi connectivity index (χ0) is 15.3. The van der Waals surface area contributed by atoms with Crippen LogP contribution >= 0.6 is 11.8 Å². The number of esters is 1. The number of carbonyl (C=O) groups excluding carboxylic acids is 1. The van der Waals surface area contributed by atoms with Gasteiger partial charge in [0.25, 0.3) is 0 Å². The highest BCUT2D eigenvalue weighted by Crippen LogP contribution is 2.28. The summed E-state index contributed by atoms with van der Waals surface area (Å²) >= 11 is 1.62. The van der Waals surface area contributed by atoms with Crippen LogP contribution in [0.25, 0.3) is 0 Å². The summed E-state index contributed by atoms with van der Waals surface area (Å²) in [6.07, 6.45) is 4.22. The molecule has 0 saturated carbocycles. The topological polar surface area (TPSA) is 70.1 Å². The van der Waals surface area contributed by atoms with Gasteiger partial charge >= 0.3 is 5.97 Å². The Balaban J connectivity index is 2.08. The second kappa shape index (κ2) is 6.78. The molecule has 5 nitrogen and oxygen atoms in total. The average molecular weight is 305 g/mol. The van der Waals surface area contributed by atoms with Gasteiger partial charge in [0.1, 0.15) is 5.54 Å². The second-order valence-electron chi connectivity index (χ2n) is 4.78. The Morgan fingerprint density at radius 1 is 1.43 bits per heavy atom. The maximum atomic E-state index is 12.1. The number of thioether (sulfide) groups is 1. The highest BCUT2D eigenvalue weighted by Gasteiger charge is 2.36. The molecule has 0 bridgehead atoms. The van der Waals surface area contributed by atoms with Gasteiger partial charge in [0.2, 0.25) is 0 Å². The van der Waals surface area contributed by atoms with Crippen molar-refractivity contribution in [3.05, 3.63) is 48.3 Å². The Morgan fingerprint density at radius 2 is 2.14 bits per heavy atom. The number of carbonyl (C=O) groups is 1. The molecule has 0 spiro atoms. The lowest BCUT2D eigenvalue weighted by Gasteiger charge is -2.26. The average Bonchev–Trinajstić information content (AvgIpc) is 2.92. The Hall–Kier alpha value is -1.79. The standard InChI is InChI=1S/C15H19N3O2S/c1-18-11-13(10-17-18)21-9-8-15(16,14(19)20-2)12-6-4-3-5-7-12/h3-7,10-11H,8-9,16H2,1-2H3. The van der Waals surface area contributed by atoms with Gasteiger partial charge < -0.3 is 10.5 Å². The second-order valence-corrected chi connectivity index (χ2v) is 5.95. The first-order valence-electron chi connectivity index (χ1n) is 6.60. The minimum Gasteiger partial charge on any atom is -0.467 e. The molecule has 1 aromatic heterocycles. The number of nitrogens with zero attached hydrogens (tertiary/aromatic N) is 2. The molecule has 0 saturated heterocycles. The lowest BCUT2D eigenvalue weighted by molar-refractivity contribution is -0.147. The fourth-order valence-electron chi connectivity index (χ4n) is 2.09. The van der Waals surface area contributed by atoms with E-state index < -0.39 is 11.5 Å². The minimum absolute atomic E-state index is 0.416. The third-order valence-electron chi connectivity index (χ3n) is 3.28. The van der Waals surface area contributed by atoms with E-state index in [1.165, 1.54) is 7.11 Å². The number of nitrogens with two attached hydrogens (primary N) is 1. The van der Waals surface area contributed by atoms with Crippen LogP contribution in [0.15, 0.2) is 47.6 Å².